The molecule has 0 unspecified atom stereocenters. The lowest BCUT2D eigenvalue weighted by molar-refractivity contribution is 0.102. The molecule has 1 amide bonds. The van der Waals surface area contributed by atoms with Crippen LogP contribution in [-0.2, 0) is 0 Å². The molecule has 2 rings (SSSR count). The Labute approximate surface area is 97.5 Å². The fourth-order valence-corrected chi connectivity index (χ4v) is 1.34. The summed E-state index contributed by atoms with van der Waals surface area (Å²) in [6.07, 6.45) is 4.42. The van der Waals surface area contributed by atoms with E-state index in [1.54, 1.807) is 18.5 Å². The molecule has 2 heterocycles. The monoisotopic (exact) mass is 231 g/mol. The van der Waals surface area contributed by atoms with Crippen LogP contribution in [0.1, 0.15) is 15.9 Å². The number of nitrogens with zero attached hydrogens (tertiary/aromatic N) is 2. The van der Waals surface area contributed by atoms with Gasteiger partial charge in [0.2, 0.25) is 5.95 Å². The highest BCUT2D eigenvalue weighted by Gasteiger charge is 2.06. The van der Waals surface area contributed by atoms with Crippen molar-refractivity contribution in [1.82, 2.24) is 9.97 Å². The average molecular weight is 231 g/mol. The van der Waals surface area contributed by atoms with Gasteiger partial charge in [0.1, 0.15) is 0 Å². The summed E-state index contributed by atoms with van der Waals surface area (Å²) in [5, 5.41) is 2.65. The van der Waals surface area contributed by atoms with E-state index in [0.717, 1.165) is 11.6 Å². The molecule has 4 nitrogen and oxygen atoms in total. The van der Waals surface area contributed by atoms with Crippen LogP contribution in [0.15, 0.2) is 36.8 Å². The number of carbonyl (C=O) groups is 1. The zero-order chi connectivity index (χ0) is 12.3. The van der Waals surface area contributed by atoms with Crippen molar-refractivity contribution in [1.29, 1.82) is 0 Å². The van der Waals surface area contributed by atoms with Crippen molar-refractivity contribution < 1.29 is 9.18 Å². The topological polar surface area (TPSA) is 54.9 Å². The first kappa shape index (κ1) is 11.2. The molecular weight excluding hydrogens is 221 g/mol. The second-order valence-electron chi connectivity index (χ2n) is 3.57. The van der Waals surface area contributed by atoms with Crippen molar-refractivity contribution in [3.8, 4) is 0 Å². The first-order valence-corrected chi connectivity index (χ1v) is 5.00. The molecule has 0 bridgehead atoms. The Hall–Kier alpha value is -2.30. The molecule has 0 aliphatic rings. The molecule has 0 atom stereocenters. The number of pyridine rings is 2. The number of anilines is 1. The maximum absolute atomic E-state index is 12.6. The molecule has 5 heteroatoms. The predicted molar refractivity (Wildman–Crippen MR) is 61.1 cm³/mol. The molecule has 17 heavy (non-hydrogen) atoms. The Morgan fingerprint density at radius 2 is 2.12 bits per heavy atom. The quantitative estimate of drug-likeness (QED) is 0.806. The molecule has 1 N–H and O–H groups in total. The molecule has 0 saturated heterocycles. The minimum absolute atomic E-state index is 0.299. The van der Waals surface area contributed by atoms with Crippen molar-refractivity contribution in [3.63, 3.8) is 0 Å². The van der Waals surface area contributed by atoms with Gasteiger partial charge in [0.15, 0.2) is 0 Å². The average Bonchev–Trinajstić information content (AvgIpc) is 2.29. The molecule has 0 radical (unpaired) electrons. The summed E-state index contributed by atoms with van der Waals surface area (Å²) in [6, 6.07) is 4.31. The Morgan fingerprint density at radius 1 is 1.29 bits per heavy atom. The van der Waals surface area contributed by atoms with Gasteiger partial charge in [0.25, 0.3) is 5.91 Å². The summed E-state index contributed by atoms with van der Waals surface area (Å²) < 4.78 is 12.6. The third-order valence-electron chi connectivity index (χ3n) is 2.12. The van der Waals surface area contributed by atoms with Crippen LogP contribution in [0.3, 0.4) is 0 Å². The SMILES string of the molecule is Cc1cncc(NC(=O)c2ccc(F)nc2)c1. The van der Waals surface area contributed by atoms with E-state index < -0.39 is 5.95 Å². The molecule has 0 spiro atoms. The van der Waals surface area contributed by atoms with E-state index >= 15 is 0 Å². The number of hydrogen-bond donors (Lipinski definition) is 1. The number of amides is 1. The first-order chi connectivity index (χ1) is 8.15. The van der Waals surface area contributed by atoms with E-state index in [1.807, 2.05) is 6.92 Å². The number of halogens is 1. The molecule has 0 aliphatic heterocycles. The van der Waals surface area contributed by atoms with Crippen LogP contribution in [0, 0.1) is 12.9 Å². The molecule has 0 fully saturated rings. The lowest BCUT2D eigenvalue weighted by atomic mass is 10.2. The zero-order valence-corrected chi connectivity index (χ0v) is 9.14. The third-order valence-corrected chi connectivity index (χ3v) is 2.12. The summed E-state index contributed by atoms with van der Waals surface area (Å²) in [5.74, 6) is -0.955. The van der Waals surface area contributed by atoms with E-state index in [-0.39, 0.29) is 5.91 Å². The van der Waals surface area contributed by atoms with Crippen molar-refractivity contribution in [2.24, 2.45) is 0 Å². The molecule has 0 aliphatic carbocycles. The van der Waals surface area contributed by atoms with Gasteiger partial charge >= 0.3 is 0 Å². The van der Waals surface area contributed by atoms with E-state index in [9.17, 15) is 9.18 Å². The minimum Gasteiger partial charge on any atom is -0.321 e. The third kappa shape index (κ3) is 2.84. The van der Waals surface area contributed by atoms with Crippen LogP contribution in [0.2, 0.25) is 0 Å². The van der Waals surface area contributed by atoms with E-state index in [1.165, 1.54) is 12.3 Å². The summed E-state index contributed by atoms with van der Waals surface area (Å²) in [5.41, 5.74) is 1.84. The highest BCUT2D eigenvalue weighted by molar-refractivity contribution is 6.03. The number of hydrogen-bond acceptors (Lipinski definition) is 3. The van der Waals surface area contributed by atoms with Crippen molar-refractivity contribution in [2.75, 3.05) is 5.32 Å². The summed E-state index contributed by atoms with van der Waals surface area (Å²) in [7, 11) is 0. The van der Waals surface area contributed by atoms with E-state index in [0.29, 0.717) is 11.3 Å². The molecule has 0 saturated carbocycles. The molecule has 0 aromatic carbocycles. The Bertz CT molecular complexity index is 540. The fraction of sp³-hybridized carbons (Fsp3) is 0.0833. The molecular formula is C12H10FN3O. The van der Waals surface area contributed by atoms with Gasteiger partial charge in [0.05, 0.1) is 17.4 Å². The number of rotatable bonds is 2. The Balaban J connectivity index is 2.14. The van der Waals surface area contributed by atoms with Crippen molar-refractivity contribution in [2.45, 2.75) is 6.92 Å². The van der Waals surface area contributed by atoms with E-state index in [4.69, 9.17) is 0 Å². The van der Waals surface area contributed by atoms with Gasteiger partial charge in [-0.15, -0.1) is 0 Å². The molecule has 86 valence electrons. The molecule has 2 aromatic rings. The van der Waals surface area contributed by atoms with Gasteiger partial charge < -0.3 is 5.32 Å². The van der Waals surface area contributed by atoms with Gasteiger partial charge in [-0.1, -0.05) is 0 Å². The Kier molecular flexibility index (Phi) is 3.09. The van der Waals surface area contributed by atoms with E-state index in [2.05, 4.69) is 15.3 Å². The van der Waals surface area contributed by atoms with Gasteiger partial charge in [-0.2, -0.15) is 4.39 Å². The van der Waals surface area contributed by atoms with Gasteiger partial charge in [0, 0.05) is 12.4 Å². The zero-order valence-electron chi connectivity index (χ0n) is 9.14. The largest absolute Gasteiger partial charge is 0.321 e. The predicted octanol–water partition coefficient (Wildman–Crippen LogP) is 2.18. The van der Waals surface area contributed by atoms with Crippen LogP contribution in [0.4, 0.5) is 10.1 Å². The lowest BCUT2D eigenvalue weighted by Gasteiger charge is -2.04. The summed E-state index contributed by atoms with van der Waals surface area (Å²) in [4.78, 5) is 19.1. The second kappa shape index (κ2) is 4.69. The van der Waals surface area contributed by atoms with Crippen molar-refractivity contribution in [3.05, 3.63) is 53.9 Å². The van der Waals surface area contributed by atoms with Gasteiger partial charge in [-0.05, 0) is 30.7 Å². The van der Waals surface area contributed by atoms with Crippen LogP contribution >= 0.6 is 0 Å². The Morgan fingerprint density at radius 3 is 2.76 bits per heavy atom. The normalized spacial score (nSPS) is 10.0. The maximum Gasteiger partial charge on any atom is 0.257 e. The van der Waals surface area contributed by atoms with Crippen LogP contribution in [0.25, 0.3) is 0 Å². The number of nitrogens with one attached hydrogen (secondary N) is 1. The number of aryl methyl sites for hydroxylation is 1. The highest BCUT2D eigenvalue weighted by atomic mass is 19.1. The van der Waals surface area contributed by atoms with Crippen LogP contribution in [0.5, 0.6) is 0 Å². The van der Waals surface area contributed by atoms with Crippen LogP contribution < -0.4 is 5.32 Å². The van der Waals surface area contributed by atoms with Gasteiger partial charge in [-0.3, -0.25) is 9.78 Å². The first-order valence-electron chi connectivity index (χ1n) is 5.00. The second-order valence-corrected chi connectivity index (χ2v) is 3.57. The van der Waals surface area contributed by atoms with Crippen LogP contribution in [-0.4, -0.2) is 15.9 Å². The fourth-order valence-electron chi connectivity index (χ4n) is 1.34. The minimum atomic E-state index is -0.612. The number of carbonyl (C=O) groups excluding carboxylic acids is 1. The van der Waals surface area contributed by atoms with Gasteiger partial charge in [-0.25, -0.2) is 4.98 Å². The smallest absolute Gasteiger partial charge is 0.257 e. The summed E-state index contributed by atoms with van der Waals surface area (Å²) >= 11 is 0. The highest BCUT2D eigenvalue weighted by Crippen LogP contribution is 2.09. The lowest BCUT2D eigenvalue weighted by Crippen LogP contribution is -2.12. The molecule has 2 aromatic heterocycles. The van der Waals surface area contributed by atoms with Crippen molar-refractivity contribution >= 4 is 11.6 Å². The maximum atomic E-state index is 12.6. The standard InChI is InChI=1S/C12H10FN3O/c1-8-4-10(7-14-5-8)16-12(17)9-2-3-11(13)15-6-9/h2-7H,1H3,(H,16,17). The summed E-state index contributed by atoms with van der Waals surface area (Å²) in [6.45, 7) is 1.88. The number of aromatic nitrogens is 2.